The van der Waals surface area contributed by atoms with Crippen LogP contribution in [0.3, 0.4) is 0 Å². The summed E-state index contributed by atoms with van der Waals surface area (Å²) >= 11 is 0. The molecule has 7 atom stereocenters. The maximum Gasteiger partial charge on any atom is 0.220 e. The van der Waals surface area contributed by atoms with Crippen LogP contribution >= 0.6 is 0 Å². The molecular formula is C51H93NO8. The van der Waals surface area contributed by atoms with Crippen LogP contribution in [0, 0.1) is 0 Å². The monoisotopic (exact) mass is 848 g/mol. The SMILES string of the molecule is CCCCCCC/C=C\C/C=C\CCCCCCCCCCCCCC(=O)NC(COC1OC(CO)C(O)C(O)C1O)C(O)/C=C/CC/C=C/CCCCCCCCCC. The van der Waals surface area contributed by atoms with Gasteiger partial charge in [-0.3, -0.25) is 4.79 Å². The normalized spacial score (nSPS) is 20.9. The number of allylic oxidation sites excluding steroid dienone is 7. The summed E-state index contributed by atoms with van der Waals surface area (Å²) in [6.45, 7) is 3.74. The molecule has 60 heavy (non-hydrogen) atoms. The van der Waals surface area contributed by atoms with Crippen LogP contribution < -0.4 is 5.32 Å². The van der Waals surface area contributed by atoms with Crippen LogP contribution in [-0.4, -0.2) is 87.5 Å². The van der Waals surface area contributed by atoms with Gasteiger partial charge in [0.05, 0.1) is 25.4 Å². The Morgan fingerprint density at radius 2 is 1.00 bits per heavy atom. The van der Waals surface area contributed by atoms with Crippen molar-refractivity contribution >= 4 is 5.91 Å². The van der Waals surface area contributed by atoms with Crippen molar-refractivity contribution in [3.63, 3.8) is 0 Å². The number of nitrogens with one attached hydrogen (secondary N) is 1. The van der Waals surface area contributed by atoms with Gasteiger partial charge in [0.25, 0.3) is 0 Å². The fraction of sp³-hybridized carbons (Fsp3) is 0.824. The third-order valence-electron chi connectivity index (χ3n) is 11.6. The fourth-order valence-corrected chi connectivity index (χ4v) is 7.61. The Balaban J connectivity index is 2.30. The Hall–Kier alpha value is -1.85. The molecule has 0 bridgehead atoms. The second-order valence-electron chi connectivity index (χ2n) is 17.2. The van der Waals surface area contributed by atoms with Crippen LogP contribution in [-0.2, 0) is 14.3 Å². The lowest BCUT2D eigenvalue weighted by molar-refractivity contribution is -0.302. The number of hydrogen-bond acceptors (Lipinski definition) is 8. The number of unbranched alkanes of at least 4 members (excludes halogenated alkanes) is 25. The van der Waals surface area contributed by atoms with Crippen molar-refractivity contribution in [3.8, 4) is 0 Å². The minimum Gasteiger partial charge on any atom is -0.394 e. The van der Waals surface area contributed by atoms with E-state index in [1.807, 2.05) is 6.08 Å². The van der Waals surface area contributed by atoms with Gasteiger partial charge in [-0.05, 0) is 64.2 Å². The number of hydrogen-bond donors (Lipinski definition) is 6. The summed E-state index contributed by atoms with van der Waals surface area (Å²) in [5.74, 6) is -0.190. The third-order valence-corrected chi connectivity index (χ3v) is 11.6. The zero-order valence-electron chi connectivity index (χ0n) is 38.5. The molecule has 1 rings (SSSR count). The van der Waals surface area contributed by atoms with Crippen LogP contribution in [0.4, 0.5) is 0 Å². The molecule has 0 aromatic rings. The molecule has 6 N–H and O–H groups in total. The highest BCUT2D eigenvalue weighted by molar-refractivity contribution is 5.76. The third kappa shape index (κ3) is 31.1. The van der Waals surface area contributed by atoms with Gasteiger partial charge in [-0.25, -0.2) is 0 Å². The van der Waals surface area contributed by atoms with Gasteiger partial charge in [-0.1, -0.05) is 191 Å². The summed E-state index contributed by atoms with van der Waals surface area (Å²) in [6, 6.07) is -0.822. The van der Waals surface area contributed by atoms with E-state index in [9.17, 15) is 30.3 Å². The van der Waals surface area contributed by atoms with Gasteiger partial charge in [0.2, 0.25) is 5.91 Å². The lowest BCUT2D eigenvalue weighted by Gasteiger charge is -2.40. The number of ether oxygens (including phenoxy) is 2. The largest absolute Gasteiger partial charge is 0.394 e. The summed E-state index contributed by atoms with van der Waals surface area (Å²) in [5.41, 5.74) is 0. The van der Waals surface area contributed by atoms with E-state index in [0.717, 1.165) is 44.9 Å². The van der Waals surface area contributed by atoms with E-state index in [-0.39, 0.29) is 12.5 Å². The number of carbonyl (C=O) groups excluding carboxylic acids is 1. The van der Waals surface area contributed by atoms with Gasteiger partial charge in [0, 0.05) is 6.42 Å². The van der Waals surface area contributed by atoms with Gasteiger partial charge in [-0.2, -0.15) is 0 Å². The van der Waals surface area contributed by atoms with Crippen LogP contribution in [0.5, 0.6) is 0 Å². The Kier molecular flexibility index (Phi) is 38.5. The van der Waals surface area contributed by atoms with Crippen molar-refractivity contribution in [1.29, 1.82) is 0 Å². The lowest BCUT2D eigenvalue weighted by Crippen LogP contribution is -2.60. The second kappa shape index (κ2) is 41.2. The summed E-state index contributed by atoms with van der Waals surface area (Å²) in [5, 5.41) is 54.2. The Labute approximate surface area is 367 Å². The predicted molar refractivity (Wildman–Crippen MR) is 249 cm³/mol. The summed E-state index contributed by atoms with van der Waals surface area (Å²) in [4.78, 5) is 13.0. The molecule has 9 nitrogen and oxygen atoms in total. The summed E-state index contributed by atoms with van der Waals surface area (Å²) in [6.07, 6.45) is 45.9. The average Bonchev–Trinajstić information content (AvgIpc) is 3.25. The molecule has 1 fully saturated rings. The molecule has 0 spiro atoms. The summed E-state index contributed by atoms with van der Waals surface area (Å²) < 4.78 is 11.2. The predicted octanol–water partition coefficient (Wildman–Crippen LogP) is 11.0. The van der Waals surface area contributed by atoms with Gasteiger partial charge < -0.3 is 40.3 Å². The van der Waals surface area contributed by atoms with E-state index >= 15 is 0 Å². The fourth-order valence-electron chi connectivity index (χ4n) is 7.61. The highest BCUT2D eigenvalue weighted by atomic mass is 16.7. The number of amides is 1. The zero-order chi connectivity index (χ0) is 43.7. The molecule has 350 valence electrons. The van der Waals surface area contributed by atoms with E-state index in [2.05, 4.69) is 55.6 Å². The van der Waals surface area contributed by atoms with Crippen molar-refractivity contribution < 1.29 is 39.8 Å². The first-order valence-electron chi connectivity index (χ1n) is 24.9. The standard InChI is InChI=1S/C51H93NO8/c1-3-5-7-9-11-13-15-17-19-20-21-22-23-24-25-26-27-29-31-33-35-37-39-41-47(55)52-44(43-59-51-50(58)49(57)48(56)46(42-53)60-51)45(54)40-38-36-34-32-30-28-18-16-14-12-10-8-6-4-2/h15,17,20-21,30,32,38,40,44-46,48-51,53-54,56-58H,3-14,16,18-19,22-29,31,33-37,39,41-43H2,1-2H3,(H,52,55)/b17-15-,21-20-,32-30+,40-38+. The zero-order valence-corrected chi connectivity index (χ0v) is 38.5. The van der Waals surface area contributed by atoms with Crippen molar-refractivity contribution in [3.05, 3.63) is 48.6 Å². The molecule has 1 amide bonds. The number of aliphatic hydroxyl groups is 5. The molecule has 7 unspecified atom stereocenters. The van der Waals surface area contributed by atoms with Crippen molar-refractivity contribution in [2.75, 3.05) is 13.2 Å². The highest BCUT2D eigenvalue weighted by Crippen LogP contribution is 2.22. The lowest BCUT2D eigenvalue weighted by atomic mass is 9.99. The van der Waals surface area contributed by atoms with E-state index in [0.29, 0.717) is 6.42 Å². The number of carbonyl (C=O) groups is 1. The molecular weight excluding hydrogens is 755 g/mol. The molecule has 0 saturated carbocycles. The minimum atomic E-state index is -1.57. The second-order valence-corrected chi connectivity index (χ2v) is 17.2. The topological polar surface area (TPSA) is 149 Å². The average molecular weight is 848 g/mol. The van der Waals surface area contributed by atoms with Crippen LogP contribution in [0.25, 0.3) is 0 Å². The van der Waals surface area contributed by atoms with E-state index in [4.69, 9.17) is 9.47 Å². The first-order valence-corrected chi connectivity index (χ1v) is 24.9. The molecule has 0 aromatic carbocycles. The molecule has 1 heterocycles. The first kappa shape index (κ1) is 56.2. The first-order chi connectivity index (χ1) is 29.3. The molecule has 0 aliphatic carbocycles. The Morgan fingerprint density at radius 3 is 1.50 bits per heavy atom. The molecule has 0 aromatic heterocycles. The van der Waals surface area contributed by atoms with Gasteiger partial charge in [0.1, 0.15) is 24.4 Å². The van der Waals surface area contributed by atoms with Crippen molar-refractivity contribution in [2.24, 2.45) is 0 Å². The van der Waals surface area contributed by atoms with E-state index in [1.54, 1.807) is 6.08 Å². The molecule has 1 aliphatic rings. The van der Waals surface area contributed by atoms with Gasteiger partial charge >= 0.3 is 0 Å². The minimum absolute atomic E-state index is 0.190. The Bertz CT molecular complexity index is 1080. The van der Waals surface area contributed by atoms with E-state index in [1.165, 1.54) is 148 Å². The van der Waals surface area contributed by atoms with E-state index < -0.39 is 49.5 Å². The van der Waals surface area contributed by atoms with Crippen molar-refractivity contribution in [2.45, 2.75) is 256 Å². The highest BCUT2D eigenvalue weighted by Gasteiger charge is 2.44. The van der Waals surface area contributed by atoms with Crippen LogP contribution in [0.15, 0.2) is 48.6 Å². The molecule has 1 aliphatic heterocycles. The Morgan fingerprint density at radius 1 is 0.567 bits per heavy atom. The maximum atomic E-state index is 13.0. The van der Waals surface area contributed by atoms with Gasteiger partial charge in [0.15, 0.2) is 6.29 Å². The van der Waals surface area contributed by atoms with Crippen LogP contribution in [0.1, 0.15) is 213 Å². The van der Waals surface area contributed by atoms with Crippen molar-refractivity contribution in [1.82, 2.24) is 5.32 Å². The van der Waals surface area contributed by atoms with Gasteiger partial charge in [-0.15, -0.1) is 0 Å². The quantitative estimate of drug-likeness (QED) is 0.0263. The van der Waals surface area contributed by atoms with Crippen LogP contribution in [0.2, 0.25) is 0 Å². The number of aliphatic hydroxyl groups excluding tert-OH is 5. The molecule has 9 heteroatoms. The maximum absolute atomic E-state index is 13.0. The molecule has 0 radical (unpaired) electrons. The molecule has 1 saturated heterocycles. The summed E-state index contributed by atoms with van der Waals surface area (Å²) in [7, 11) is 0. The number of rotatable bonds is 41. The smallest absolute Gasteiger partial charge is 0.220 e.